The van der Waals surface area contributed by atoms with Gasteiger partial charge in [0.05, 0.1) is 31.9 Å². The molecule has 3 aromatic rings. The van der Waals surface area contributed by atoms with E-state index in [0.717, 1.165) is 26.9 Å². The van der Waals surface area contributed by atoms with E-state index in [2.05, 4.69) is 9.71 Å². The van der Waals surface area contributed by atoms with Gasteiger partial charge in [0.1, 0.15) is 10.8 Å². The van der Waals surface area contributed by atoms with Crippen LogP contribution in [0.2, 0.25) is 0 Å². The molecule has 0 fully saturated rings. The minimum absolute atomic E-state index is 0.125. The van der Waals surface area contributed by atoms with E-state index >= 15 is 0 Å². The Morgan fingerprint density at radius 3 is 2.30 bits per heavy atom. The third kappa shape index (κ3) is 4.92. The molecule has 3 rings (SSSR count). The number of thiazole rings is 1. The molecule has 2 aromatic carbocycles. The molecule has 160 valence electrons. The fourth-order valence-electron chi connectivity index (χ4n) is 2.88. The summed E-state index contributed by atoms with van der Waals surface area (Å²) in [7, 11) is 0.928. The van der Waals surface area contributed by atoms with Crippen LogP contribution in [0, 0.1) is 6.92 Å². The van der Waals surface area contributed by atoms with Crippen molar-refractivity contribution in [2.45, 2.75) is 18.2 Å². The van der Waals surface area contributed by atoms with Crippen molar-refractivity contribution in [2.24, 2.45) is 0 Å². The van der Waals surface area contributed by atoms with Crippen LogP contribution in [-0.2, 0) is 16.4 Å². The minimum atomic E-state index is -3.67. The maximum Gasteiger partial charge on any atom is 0.240 e. The van der Waals surface area contributed by atoms with E-state index in [0.29, 0.717) is 17.9 Å². The van der Waals surface area contributed by atoms with Crippen molar-refractivity contribution >= 4 is 21.4 Å². The Labute approximate surface area is 180 Å². The normalized spacial score (nSPS) is 11.3. The molecule has 0 bridgehead atoms. The Morgan fingerprint density at radius 1 is 0.967 bits per heavy atom. The molecule has 0 saturated carbocycles. The summed E-state index contributed by atoms with van der Waals surface area (Å²) in [6.07, 6.45) is 0.548. The second kappa shape index (κ2) is 9.46. The highest BCUT2D eigenvalue weighted by Crippen LogP contribution is 2.30. The van der Waals surface area contributed by atoms with Gasteiger partial charge >= 0.3 is 0 Å². The van der Waals surface area contributed by atoms with Gasteiger partial charge in [-0.25, -0.2) is 18.1 Å². The van der Waals surface area contributed by atoms with Crippen molar-refractivity contribution < 1.29 is 22.6 Å². The number of sulfonamides is 1. The van der Waals surface area contributed by atoms with Crippen molar-refractivity contribution in [2.75, 3.05) is 27.9 Å². The molecule has 0 atom stereocenters. The Bertz CT molecular complexity index is 1110. The number of ether oxygens (including phenoxy) is 3. The van der Waals surface area contributed by atoms with Crippen LogP contribution in [0.5, 0.6) is 17.2 Å². The predicted octanol–water partition coefficient (Wildman–Crippen LogP) is 3.67. The maximum absolute atomic E-state index is 12.6. The molecule has 0 spiro atoms. The van der Waals surface area contributed by atoms with E-state index in [9.17, 15) is 8.42 Å². The van der Waals surface area contributed by atoms with Gasteiger partial charge in [0, 0.05) is 23.1 Å². The zero-order valence-electron chi connectivity index (χ0n) is 17.3. The molecule has 0 unspecified atom stereocenters. The third-order valence-corrected chi connectivity index (χ3v) is 7.26. The number of aromatic nitrogens is 1. The second-order valence-electron chi connectivity index (χ2n) is 6.42. The molecule has 30 heavy (non-hydrogen) atoms. The summed E-state index contributed by atoms with van der Waals surface area (Å²) in [6.45, 7) is 2.20. The van der Waals surface area contributed by atoms with E-state index in [4.69, 9.17) is 14.2 Å². The summed E-state index contributed by atoms with van der Waals surface area (Å²) < 4.78 is 43.4. The molecule has 1 N–H and O–H groups in total. The lowest BCUT2D eigenvalue weighted by Gasteiger charge is -2.11. The fraction of sp³-hybridized carbons (Fsp3) is 0.286. The van der Waals surface area contributed by atoms with Gasteiger partial charge in [-0.2, -0.15) is 0 Å². The van der Waals surface area contributed by atoms with Crippen LogP contribution < -0.4 is 18.9 Å². The Kier molecular flexibility index (Phi) is 6.96. The molecule has 0 aliphatic heterocycles. The van der Waals surface area contributed by atoms with Gasteiger partial charge in [-0.3, -0.25) is 0 Å². The lowest BCUT2D eigenvalue weighted by Crippen LogP contribution is -2.26. The summed E-state index contributed by atoms with van der Waals surface area (Å²) in [4.78, 5) is 5.78. The van der Waals surface area contributed by atoms with Crippen LogP contribution in [0.4, 0.5) is 0 Å². The number of aryl methyl sites for hydroxylation is 1. The highest BCUT2D eigenvalue weighted by molar-refractivity contribution is 7.89. The number of nitrogens with zero attached hydrogens (tertiary/aromatic N) is 1. The average Bonchev–Trinajstić information content (AvgIpc) is 3.13. The first-order valence-corrected chi connectivity index (χ1v) is 11.5. The van der Waals surface area contributed by atoms with Crippen LogP contribution >= 0.6 is 11.3 Å². The number of nitrogens with one attached hydrogen (secondary N) is 1. The molecular weight excluding hydrogens is 424 g/mol. The van der Waals surface area contributed by atoms with Gasteiger partial charge in [-0.1, -0.05) is 0 Å². The second-order valence-corrected chi connectivity index (χ2v) is 9.27. The van der Waals surface area contributed by atoms with Gasteiger partial charge in [-0.15, -0.1) is 11.3 Å². The molecule has 0 aliphatic rings. The SMILES string of the molecule is COc1ccc(-c2nc(C)c(CCNS(=O)(=O)c3ccc(OC)c(OC)c3)s2)cc1. The third-order valence-electron chi connectivity index (χ3n) is 4.54. The van der Waals surface area contributed by atoms with Crippen LogP contribution in [0.3, 0.4) is 0 Å². The smallest absolute Gasteiger partial charge is 0.240 e. The predicted molar refractivity (Wildman–Crippen MR) is 117 cm³/mol. The summed E-state index contributed by atoms with van der Waals surface area (Å²) in [5.41, 5.74) is 1.90. The first kappa shape index (κ1) is 22.1. The van der Waals surface area contributed by atoms with Crippen molar-refractivity contribution in [1.82, 2.24) is 9.71 Å². The van der Waals surface area contributed by atoms with Crippen LogP contribution in [0.15, 0.2) is 47.4 Å². The molecule has 0 saturated heterocycles. The van der Waals surface area contributed by atoms with Crippen LogP contribution in [0.1, 0.15) is 10.6 Å². The topological polar surface area (TPSA) is 86.8 Å². The van der Waals surface area contributed by atoms with Gasteiger partial charge in [0.2, 0.25) is 10.0 Å². The summed E-state index contributed by atoms with van der Waals surface area (Å²) in [5, 5.41) is 0.896. The summed E-state index contributed by atoms with van der Waals surface area (Å²) >= 11 is 1.56. The zero-order valence-corrected chi connectivity index (χ0v) is 18.9. The molecular formula is C21H24N2O5S2. The Morgan fingerprint density at radius 2 is 1.67 bits per heavy atom. The van der Waals surface area contributed by atoms with Crippen molar-refractivity contribution in [3.05, 3.63) is 53.0 Å². The molecule has 9 heteroatoms. The van der Waals surface area contributed by atoms with E-state index in [-0.39, 0.29) is 11.4 Å². The van der Waals surface area contributed by atoms with Gasteiger partial charge in [0.25, 0.3) is 0 Å². The molecule has 0 radical (unpaired) electrons. The largest absolute Gasteiger partial charge is 0.497 e. The number of rotatable bonds is 9. The number of benzene rings is 2. The minimum Gasteiger partial charge on any atom is -0.497 e. The lowest BCUT2D eigenvalue weighted by atomic mass is 10.2. The molecule has 0 amide bonds. The first-order chi connectivity index (χ1) is 14.4. The highest BCUT2D eigenvalue weighted by atomic mass is 32.2. The molecule has 7 nitrogen and oxygen atoms in total. The van der Waals surface area contributed by atoms with Gasteiger partial charge in [-0.05, 0) is 49.7 Å². The number of hydrogen-bond donors (Lipinski definition) is 1. The van der Waals surface area contributed by atoms with Gasteiger partial charge in [0.15, 0.2) is 11.5 Å². The molecule has 1 aromatic heterocycles. The number of methoxy groups -OCH3 is 3. The van der Waals surface area contributed by atoms with Crippen LogP contribution in [0.25, 0.3) is 10.6 Å². The van der Waals surface area contributed by atoms with E-state index in [1.54, 1.807) is 24.5 Å². The number of hydrogen-bond acceptors (Lipinski definition) is 7. The molecule has 1 heterocycles. The van der Waals surface area contributed by atoms with E-state index < -0.39 is 10.0 Å². The van der Waals surface area contributed by atoms with Crippen molar-refractivity contribution in [3.8, 4) is 27.8 Å². The maximum atomic E-state index is 12.6. The van der Waals surface area contributed by atoms with E-state index in [1.807, 2.05) is 31.2 Å². The van der Waals surface area contributed by atoms with Crippen molar-refractivity contribution in [3.63, 3.8) is 0 Å². The van der Waals surface area contributed by atoms with Crippen LogP contribution in [-0.4, -0.2) is 41.3 Å². The average molecular weight is 449 g/mol. The first-order valence-electron chi connectivity index (χ1n) is 9.20. The van der Waals surface area contributed by atoms with Crippen molar-refractivity contribution in [1.29, 1.82) is 0 Å². The summed E-state index contributed by atoms with van der Waals surface area (Å²) in [6, 6.07) is 12.2. The summed E-state index contributed by atoms with van der Waals surface area (Å²) in [5.74, 6) is 1.63. The van der Waals surface area contributed by atoms with Gasteiger partial charge < -0.3 is 14.2 Å². The fourth-order valence-corrected chi connectivity index (χ4v) is 5.00. The quantitative estimate of drug-likeness (QED) is 0.538. The zero-order chi connectivity index (χ0) is 21.7. The highest BCUT2D eigenvalue weighted by Gasteiger charge is 2.17. The van der Waals surface area contributed by atoms with E-state index in [1.165, 1.54) is 26.4 Å². The lowest BCUT2D eigenvalue weighted by molar-refractivity contribution is 0.354. The monoisotopic (exact) mass is 448 g/mol. The Balaban J connectivity index is 1.68. The standard InChI is InChI=1S/C21H24N2O5S2/c1-14-20(29-21(23-14)15-5-7-16(26-2)8-6-15)11-12-22-30(24,25)17-9-10-18(27-3)19(13-17)28-4/h5-10,13,22H,11-12H2,1-4H3. The molecule has 0 aliphatic carbocycles. The Hall–Kier alpha value is -2.62.